The van der Waals surface area contributed by atoms with E-state index in [0.29, 0.717) is 24.4 Å². The minimum Gasteiger partial charge on any atom is -0.352 e. The van der Waals surface area contributed by atoms with Gasteiger partial charge in [-0.1, -0.05) is 41.9 Å². The monoisotopic (exact) mass is 420 g/mol. The normalized spacial score (nSPS) is 18.7. The molecule has 150 valence electrons. The van der Waals surface area contributed by atoms with Gasteiger partial charge in [-0.3, -0.25) is 4.79 Å². The summed E-state index contributed by atoms with van der Waals surface area (Å²) in [4.78, 5) is 12.9. The number of hydrogen-bond donors (Lipinski definition) is 1. The lowest BCUT2D eigenvalue weighted by Gasteiger charge is -2.25. The van der Waals surface area contributed by atoms with Crippen molar-refractivity contribution in [2.45, 2.75) is 49.6 Å². The number of carbonyl (C=O) groups is 1. The molecule has 2 aromatic rings. The zero-order valence-corrected chi connectivity index (χ0v) is 17.4. The van der Waals surface area contributed by atoms with Gasteiger partial charge in [-0.05, 0) is 62.4 Å². The van der Waals surface area contributed by atoms with Gasteiger partial charge in [0.25, 0.3) is 0 Å². The van der Waals surface area contributed by atoms with Crippen molar-refractivity contribution in [3.05, 3.63) is 65.2 Å². The predicted molar refractivity (Wildman–Crippen MR) is 111 cm³/mol. The molecule has 3 rings (SSSR count). The Morgan fingerprint density at radius 2 is 1.86 bits per heavy atom. The number of amides is 1. The summed E-state index contributed by atoms with van der Waals surface area (Å²) in [7, 11) is -3.73. The van der Waals surface area contributed by atoms with Crippen LogP contribution < -0.4 is 5.32 Å². The fourth-order valence-corrected chi connectivity index (χ4v) is 5.25. The highest BCUT2D eigenvalue weighted by Crippen LogP contribution is 2.27. The number of nitrogens with one attached hydrogen (secondary N) is 1. The molecule has 1 heterocycles. The second-order valence-corrected chi connectivity index (χ2v) is 9.49. The van der Waals surface area contributed by atoms with Crippen LogP contribution in [-0.2, 0) is 21.2 Å². The molecule has 0 aliphatic carbocycles. The van der Waals surface area contributed by atoms with E-state index < -0.39 is 16.1 Å². The van der Waals surface area contributed by atoms with E-state index in [1.165, 1.54) is 22.0 Å². The first kappa shape index (κ1) is 20.8. The lowest BCUT2D eigenvalue weighted by molar-refractivity contribution is -0.124. The molecule has 1 aliphatic heterocycles. The van der Waals surface area contributed by atoms with E-state index in [1.807, 2.05) is 25.1 Å². The average molecular weight is 421 g/mol. The van der Waals surface area contributed by atoms with Gasteiger partial charge in [0.1, 0.15) is 6.04 Å². The SMILES string of the molecule is C[C@H](CCc1ccccc1)NC(=O)[C@H]1CCCN1S(=O)(=O)c1ccc(Cl)cc1. The number of rotatable bonds is 7. The van der Waals surface area contributed by atoms with Crippen molar-refractivity contribution in [3.63, 3.8) is 0 Å². The highest BCUT2D eigenvalue weighted by Gasteiger charge is 2.39. The summed E-state index contributed by atoms with van der Waals surface area (Å²) in [6.45, 7) is 2.30. The smallest absolute Gasteiger partial charge is 0.243 e. The lowest BCUT2D eigenvalue weighted by atomic mass is 10.1. The first-order chi connectivity index (χ1) is 13.4. The van der Waals surface area contributed by atoms with E-state index >= 15 is 0 Å². The van der Waals surface area contributed by atoms with E-state index in [4.69, 9.17) is 11.6 Å². The molecule has 28 heavy (non-hydrogen) atoms. The first-order valence-electron chi connectivity index (χ1n) is 9.49. The molecule has 1 saturated heterocycles. The van der Waals surface area contributed by atoms with Crippen LogP contribution in [0.4, 0.5) is 0 Å². The van der Waals surface area contributed by atoms with Crippen LogP contribution in [0, 0.1) is 0 Å². The zero-order chi connectivity index (χ0) is 20.1. The summed E-state index contributed by atoms with van der Waals surface area (Å²) in [5.74, 6) is -0.226. The second kappa shape index (κ2) is 9.07. The fraction of sp³-hybridized carbons (Fsp3) is 0.381. The maximum atomic E-state index is 13.0. The van der Waals surface area contributed by atoms with Crippen molar-refractivity contribution in [2.24, 2.45) is 0 Å². The van der Waals surface area contributed by atoms with Crippen LogP contribution >= 0.6 is 11.6 Å². The van der Waals surface area contributed by atoms with E-state index in [1.54, 1.807) is 12.1 Å². The van der Waals surface area contributed by atoms with Crippen LogP contribution in [0.3, 0.4) is 0 Å². The molecule has 2 aromatic carbocycles. The molecule has 0 radical (unpaired) electrons. The molecular formula is C21H25ClN2O3S. The number of carbonyl (C=O) groups excluding carboxylic acids is 1. The van der Waals surface area contributed by atoms with Crippen molar-refractivity contribution in [1.82, 2.24) is 9.62 Å². The Morgan fingerprint density at radius 1 is 1.18 bits per heavy atom. The Morgan fingerprint density at radius 3 is 2.54 bits per heavy atom. The van der Waals surface area contributed by atoms with Gasteiger partial charge >= 0.3 is 0 Å². The van der Waals surface area contributed by atoms with Crippen molar-refractivity contribution >= 4 is 27.5 Å². The van der Waals surface area contributed by atoms with Crippen LogP contribution in [-0.4, -0.2) is 37.3 Å². The van der Waals surface area contributed by atoms with Crippen molar-refractivity contribution < 1.29 is 13.2 Å². The number of sulfonamides is 1. The maximum Gasteiger partial charge on any atom is 0.243 e. The summed E-state index contributed by atoms with van der Waals surface area (Å²) in [6, 6.07) is 15.4. The fourth-order valence-electron chi connectivity index (χ4n) is 3.47. The van der Waals surface area contributed by atoms with Gasteiger partial charge in [0.2, 0.25) is 15.9 Å². The third-order valence-electron chi connectivity index (χ3n) is 5.02. The van der Waals surface area contributed by atoms with Gasteiger partial charge in [0.15, 0.2) is 0 Å². The van der Waals surface area contributed by atoms with Crippen LogP contribution in [0.15, 0.2) is 59.5 Å². The Hall–Kier alpha value is -1.89. The van der Waals surface area contributed by atoms with Crippen LogP contribution in [0.1, 0.15) is 31.7 Å². The van der Waals surface area contributed by atoms with Crippen LogP contribution in [0.2, 0.25) is 5.02 Å². The standard InChI is InChI=1S/C21H25ClN2O3S/c1-16(9-10-17-6-3-2-4-7-17)23-21(25)20-8-5-15-24(20)28(26,27)19-13-11-18(22)12-14-19/h2-4,6-7,11-14,16,20H,5,8-10,15H2,1H3,(H,23,25)/t16-,20-/m1/s1. The zero-order valence-electron chi connectivity index (χ0n) is 15.8. The topological polar surface area (TPSA) is 66.5 Å². The van der Waals surface area contributed by atoms with Gasteiger partial charge in [0.05, 0.1) is 4.90 Å². The van der Waals surface area contributed by atoms with Crippen molar-refractivity contribution in [2.75, 3.05) is 6.54 Å². The molecule has 1 fully saturated rings. The average Bonchev–Trinajstić information content (AvgIpc) is 3.18. The third-order valence-corrected chi connectivity index (χ3v) is 7.20. The Balaban J connectivity index is 1.63. The number of benzene rings is 2. The number of nitrogens with zero attached hydrogens (tertiary/aromatic N) is 1. The lowest BCUT2D eigenvalue weighted by Crippen LogP contribution is -2.48. The van der Waals surface area contributed by atoms with Crippen LogP contribution in [0.5, 0.6) is 0 Å². The summed E-state index contributed by atoms with van der Waals surface area (Å²) >= 11 is 5.86. The number of halogens is 1. The summed E-state index contributed by atoms with van der Waals surface area (Å²) in [5, 5.41) is 3.46. The van der Waals surface area contributed by atoms with Gasteiger partial charge in [-0.2, -0.15) is 4.31 Å². The third kappa shape index (κ3) is 4.93. The number of aryl methyl sites for hydroxylation is 1. The molecule has 2 atom stereocenters. The van der Waals surface area contributed by atoms with Crippen LogP contribution in [0.25, 0.3) is 0 Å². The highest BCUT2D eigenvalue weighted by molar-refractivity contribution is 7.89. The molecular weight excluding hydrogens is 396 g/mol. The summed E-state index contributed by atoms with van der Waals surface area (Å²) in [6.07, 6.45) is 2.86. The minimum absolute atomic E-state index is 0.0339. The maximum absolute atomic E-state index is 13.0. The number of hydrogen-bond acceptors (Lipinski definition) is 3. The van der Waals surface area contributed by atoms with E-state index in [9.17, 15) is 13.2 Å². The summed E-state index contributed by atoms with van der Waals surface area (Å²) < 4.78 is 27.2. The largest absolute Gasteiger partial charge is 0.352 e. The minimum atomic E-state index is -3.73. The first-order valence-corrected chi connectivity index (χ1v) is 11.3. The predicted octanol–water partition coefficient (Wildman–Crippen LogP) is 3.63. The van der Waals surface area contributed by atoms with Gasteiger partial charge in [0, 0.05) is 17.6 Å². The molecule has 0 unspecified atom stereocenters. The van der Waals surface area contributed by atoms with E-state index in [0.717, 1.165) is 12.8 Å². The van der Waals surface area contributed by atoms with Crippen molar-refractivity contribution in [3.8, 4) is 0 Å². The van der Waals surface area contributed by atoms with E-state index in [2.05, 4.69) is 17.4 Å². The van der Waals surface area contributed by atoms with Crippen molar-refractivity contribution in [1.29, 1.82) is 0 Å². The van der Waals surface area contributed by atoms with Gasteiger partial charge in [-0.25, -0.2) is 8.42 Å². The van der Waals surface area contributed by atoms with Gasteiger partial charge < -0.3 is 5.32 Å². The van der Waals surface area contributed by atoms with Gasteiger partial charge in [-0.15, -0.1) is 0 Å². The van der Waals surface area contributed by atoms with E-state index in [-0.39, 0.29) is 16.8 Å². The molecule has 1 N–H and O–H groups in total. The molecule has 0 bridgehead atoms. The molecule has 0 aromatic heterocycles. The second-order valence-electron chi connectivity index (χ2n) is 7.16. The Labute approximate surface area is 171 Å². The molecule has 0 spiro atoms. The molecule has 5 nitrogen and oxygen atoms in total. The molecule has 7 heteroatoms. The Bertz CT molecular complexity index is 901. The molecule has 0 saturated carbocycles. The molecule has 1 amide bonds. The molecule has 1 aliphatic rings. The highest BCUT2D eigenvalue weighted by atomic mass is 35.5. The summed E-state index contributed by atoms with van der Waals surface area (Å²) in [5.41, 5.74) is 1.22. The quantitative estimate of drug-likeness (QED) is 0.743. The Kier molecular flexibility index (Phi) is 6.75.